The molecule has 0 aromatic heterocycles. The van der Waals surface area contributed by atoms with Crippen molar-refractivity contribution in [1.29, 1.82) is 0 Å². The molecule has 0 aliphatic heterocycles. The van der Waals surface area contributed by atoms with Crippen molar-refractivity contribution in [3.05, 3.63) is 0 Å². The lowest BCUT2D eigenvalue weighted by Gasteiger charge is -2.12. The molecule has 122 valence electrons. The average molecular weight is 306 g/mol. The average Bonchev–Trinajstić information content (AvgIpc) is 2.32. The standard InChI is InChI=1S/C16H35O3P/c1-15(2)11-7-5-9-13-19-20(17,18)14-10-6-8-12-16(3)4/h15-16H,5-14H2,1-4H3,(H,17,18). The van der Waals surface area contributed by atoms with Crippen molar-refractivity contribution < 1.29 is 14.0 Å². The SMILES string of the molecule is CC(C)CCCCCOP(=O)(O)CCCCCC(C)C. The zero-order chi connectivity index (χ0) is 15.4. The second-order valence-corrected chi connectivity index (χ2v) is 8.66. The third-order valence-electron chi connectivity index (χ3n) is 3.44. The van der Waals surface area contributed by atoms with Gasteiger partial charge in [-0.3, -0.25) is 4.57 Å². The Kier molecular flexibility index (Phi) is 11.9. The van der Waals surface area contributed by atoms with Crippen LogP contribution in [0.25, 0.3) is 0 Å². The van der Waals surface area contributed by atoms with Gasteiger partial charge in [0.25, 0.3) is 0 Å². The molecule has 0 saturated heterocycles. The topological polar surface area (TPSA) is 46.5 Å². The van der Waals surface area contributed by atoms with Gasteiger partial charge < -0.3 is 9.42 Å². The summed E-state index contributed by atoms with van der Waals surface area (Å²) in [5.74, 6) is 1.46. The summed E-state index contributed by atoms with van der Waals surface area (Å²) in [6.07, 6.45) is 8.89. The molecule has 0 aliphatic carbocycles. The summed E-state index contributed by atoms with van der Waals surface area (Å²) >= 11 is 0. The van der Waals surface area contributed by atoms with Gasteiger partial charge in [-0.05, 0) is 24.7 Å². The maximum absolute atomic E-state index is 11.8. The van der Waals surface area contributed by atoms with Crippen LogP contribution in [0.1, 0.15) is 79.1 Å². The Labute approximate surface area is 126 Å². The van der Waals surface area contributed by atoms with Crippen LogP contribution in [0.3, 0.4) is 0 Å². The minimum Gasteiger partial charge on any atom is -0.324 e. The van der Waals surface area contributed by atoms with E-state index < -0.39 is 7.60 Å². The monoisotopic (exact) mass is 306 g/mol. The lowest BCUT2D eigenvalue weighted by Crippen LogP contribution is -1.98. The smallest absolute Gasteiger partial charge is 0.324 e. The van der Waals surface area contributed by atoms with Gasteiger partial charge in [0.2, 0.25) is 0 Å². The summed E-state index contributed by atoms with van der Waals surface area (Å²) in [5, 5.41) is 0. The highest BCUT2D eigenvalue weighted by atomic mass is 31.2. The summed E-state index contributed by atoms with van der Waals surface area (Å²) in [5.41, 5.74) is 0. The number of unbranched alkanes of at least 4 members (excludes halogenated alkanes) is 4. The van der Waals surface area contributed by atoms with Gasteiger partial charge in [0, 0.05) is 6.16 Å². The first-order chi connectivity index (χ1) is 9.33. The van der Waals surface area contributed by atoms with E-state index in [1.165, 1.54) is 19.3 Å². The van der Waals surface area contributed by atoms with Gasteiger partial charge in [-0.1, -0.05) is 66.2 Å². The fourth-order valence-corrected chi connectivity index (χ4v) is 3.31. The summed E-state index contributed by atoms with van der Waals surface area (Å²) < 4.78 is 17.0. The molecule has 1 N–H and O–H groups in total. The van der Waals surface area contributed by atoms with E-state index in [1.54, 1.807) is 0 Å². The van der Waals surface area contributed by atoms with E-state index in [2.05, 4.69) is 27.7 Å². The van der Waals surface area contributed by atoms with Crippen LogP contribution in [0.5, 0.6) is 0 Å². The van der Waals surface area contributed by atoms with E-state index in [9.17, 15) is 9.46 Å². The van der Waals surface area contributed by atoms with Crippen LogP contribution < -0.4 is 0 Å². The predicted molar refractivity (Wildman–Crippen MR) is 87.3 cm³/mol. The lowest BCUT2D eigenvalue weighted by molar-refractivity contribution is 0.251. The van der Waals surface area contributed by atoms with Crippen molar-refractivity contribution in [2.45, 2.75) is 79.1 Å². The van der Waals surface area contributed by atoms with Gasteiger partial charge in [-0.15, -0.1) is 0 Å². The zero-order valence-corrected chi connectivity index (χ0v) is 14.8. The number of hydrogen-bond donors (Lipinski definition) is 1. The fraction of sp³-hybridized carbons (Fsp3) is 1.00. The molecule has 1 unspecified atom stereocenters. The largest absolute Gasteiger partial charge is 0.328 e. The summed E-state index contributed by atoms with van der Waals surface area (Å²) in [4.78, 5) is 9.70. The maximum atomic E-state index is 11.8. The van der Waals surface area contributed by atoms with Gasteiger partial charge in [0.05, 0.1) is 6.61 Å². The quantitative estimate of drug-likeness (QED) is 0.355. The minimum atomic E-state index is -3.32. The van der Waals surface area contributed by atoms with E-state index in [4.69, 9.17) is 4.52 Å². The molecule has 0 aromatic carbocycles. The van der Waals surface area contributed by atoms with Crippen molar-refractivity contribution in [1.82, 2.24) is 0 Å². The molecule has 4 heteroatoms. The highest BCUT2D eigenvalue weighted by molar-refractivity contribution is 7.52. The van der Waals surface area contributed by atoms with Crippen molar-refractivity contribution in [3.63, 3.8) is 0 Å². The third kappa shape index (κ3) is 14.6. The Morgan fingerprint density at radius 3 is 1.85 bits per heavy atom. The second-order valence-electron chi connectivity index (χ2n) is 6.68. The Hall–Kier alpha value is 0.150. The van der Waals surface area contributed by atoms with E-state index in [0.29, 0.717) is 12.8 Å². The van der Waals surface area contributed by atoms with Crippen LogP contribution >= 0.6 is 7.60 Å². The molecule has 0 heterocycles. The van der Waals surface area contributed by atoms with Crippen LogP contribution in [-0.4, -0.2) is 17.7 Å². The van der Waals surface area contributed by atoms with Gasteiger partial charge in [0.1, 0.15) is 0 Å². The molecular formula is C16H35O3P. The Morgan fingerprint density at radius 2 is 1.35 bits per heavy atom. The molecule has 0 aromatic rings. The molecule has 0 spiro atoms. The van der Waals surface area contributed by atoms with Crippen LogP contribution in [-0.2, 0) is 9.09 Å². The summed E-state index contributed by atoms with van der Waals surface area (Å²) in [6.45, 7) is 9.28. The van der Waals surface area contributed by atoms with E-state index >= 15 is 0 Å². The molecular weight excluding hydrogens is 271 g/mol. The molecule has 0 bridgehead atoms. The van der Waals surface area contributed by atoms with Crippen molar-refractivity contribution >= 4 is 7.60 Å². The van der Waals surface area contributed by atoms with Crippen molar-refractivity contribution in [2.24, 2.45) is 11.8 Å². The van der Waals surface area contributed by atoms with Gasteiger partial charge in [-0.2, -0.15) is 0 Å². The van der Waals surface area contributed by atoms with Crippen LogP contribution in [0.2, 0.25) is 0 Å². The highest BCUT2D eigenvalue weighted by Crippen LogP contribution is 2.43. The number of hydrogen-bond acceptors (Lipinski definition) is 2. The molecule has 0 fully saturated rings. The molecule has 0 aliphatic rings. The molecule has 20 heavy (non-hydrogen) atoms. The first-order valence-electron chi connectivity index (χ1n) is 8.30. The molecule has 0 rings (SSSR count). The van der Waals surface area contributed by atoms with E-state index in [-0.39, 0.29) is 0 Å². The molecule has 1 atom stereocenters. The predicted octanol–water partition coefficient (Wildman–Crippen LogP) is 5.62. The Balaban J connectivity index is 3.47. The summed E-state index contributed by atoms with van der Waals surface area (Å²) in [6, 6.07) is 0. The van der Waals surface area contributed by atoms with Crippen LogP contribution in [0.15, 0.2) is 0 Å². The normalized spacial score (nSPS) is 14.9. The molecule has 0 saturated carbocycles. The molecule has 0 radical (unpaired) electrons. The summed E-state index contributed by atoms with van der Waals surface area (Å²) in [7, 11) is -3.32. The first kappa shape index (κ1) is 20.1. The Bertz CT molecular complexity index is 264. The van der Waals surface area contributed by atoms with Crippen LogP contribution in [0.4, 0.5) is 0 Å². The first-order valence-corrected chi connectivity index (χ1v) is 10.1. The zero-order valence-electron chi connectivity index (χ0n) is 13.9. The van der Waals surface area contributed by atoms with Crippen LogP contribution in [0, 0.1) is 11.8 Å². The third-order valence-corrected chi connectivity index (χ3v) is 4.91. The Morgan fingerprint density at radius 1 is 0.850 bits per heavy atom. The molecule has 0 amide bonds. The van der Waals surface area contributed by atoms with Gasteiger partial charge in [-0.25, -0.2) is 0 Å². The highest BCUT2D eigenvalue weighted by Gasteiger charge is 2.17. The van der Waals surface area contributed by atoms with Crippen molar-refractivity contribution in [3.8, 4) is 0 Å². The fourth-order valence-electron chi connectivity index (χ4n) is 2.14. The number of rotatable bonds is 13. The maximum Gasteiger partial charge on any atom is 0.328 e. The lowest BCUT2D eigenvalue weighted by atomic mass is 10.1. The van der Waals surface area contributed by atoms with Gasteiger partial charge >= 0.3 is 7.60 Å². The van der Waals surface area contributed by atoms with E-state index in [0.717, 1.165) is 43.9 Å². The second kappa shape index (κ2) is 11.8. The molecule has 3 nitrogen and oxygen atoms in total. The van der Waals surface area contributed by atoms with Gasteiger partial charge in [0.15, 0.2) is 0 Å². The van der Waals surface area contributed by atoms with E-state index in [1.807, 2.05) is 0 Å². The minimum absolute atomic E-state index is 0.317. The van der Waals surface area contributed by atoms with Crippen molar-refractivity contribution in [2.75, 3.05) is 12.8 Å².